The predicted octanol–water partition coefficient (Wildman–Crippen LogP) is 2.83. The Hall–Kier alpha value is -1.56. The number of nitro groups is 1. The van der Waals surface area contributed by atoms with Crippen LogP contribution in [0.1, 0.15) is 19.8 Å². The first-order chi connectivity index (χ1) is 8.02. The van der Waals surface area contributed by atoms with E-state index in [1.807, 2.05) is 0 Å². The molecular weight excluding hydrogens is 242 g/mol. The fraction of sp³-hybridized carbons (Fsp3) is 0.364. The summed E-state index contributed by atoms with van der Waals surface area (Å²) in [4.78, 5) is 21.2. The van der Waals surface area contributed by atoms with E-state index in [9.17, 15) is 14.9 Å². The Morgan fingerprint density at radius 2 is 2.24 bits per heavy atom. The highest BCUT2D eigenvalue weighted by Crippen LogP contribution is 2.25. The van der Waals surface area contributed by atoms with Crippen LogP contribution in [0.5, 0.6) is 0 Å². The number of carboxylic acid groups (broad SMARTS) is 1. The standard InChI is InChI=1S/C11H15NO4S/c1-3-5-9(12(15)16)10(6-4-2)17-8-7-11(13)14/h4-6H,2-3,7-8H2,1H3,(H,13,14)/b9-5+,10-6+. The lowest BCUT2D eigenvalue weighted by Crippen LogP contribution is -2.02. The molecule has 0 aliphatic heterocycles. The van der Waals surface area contributed by atoms with Gasteiger partial charge in [-0.2, -0.15) is 0 Å². The van der Waals surface area contributed by atoms with Crippen LogP contribution in [0.2, 0.25) is 0 Å². The fourth-order valence-electron chi connectivity index (χ4n) is 1.02. The minimum absolute atomic E-state index is 0.00258. The van der Waals surface area contributed by atoms with Gasteiger partial charge in [0, 0.05) is 5.75 Å². The van der Waals surface area contributed by atoms with Crippen LogP contribution in [-0.2, 0) is 4.79 Å². The van der Waals surface area contributed by atoms with Crippen LogP contribution in [0.4, 0.5) is 0 Å². The van der Waals surface area contributed by atoms with Crippen molar-refractivity contribution < 1.29 is 14.8 Å². The molecule has 0 unspecified atom stereocenters. The number of aliphatic carboxylic acids is 1. The van der Waals surface area contributed by atoms with Crippen LogP contribution in [0.25, 0.3) is 0 Å². The molecule has 5 nitrogen and oxygen atoms in total. The van der Waals surface area contributed by atoms with Crippen molar-refractivity contribution in [3.05, 3.63) is 45.5 Å². The molecule has 0 rings (SSSR count). The molecule has 94 valence electrons. The van der Waals surface area contributed by atoms with Crippen molar-refractivity contribution in [1.29, 1.82) is 0 Å². The summed E-state index contributed by atoms with van der Waals surface area (Å²) in [5, 5.41) is 19.3. The first-order valence-corrected chi connectivity index (χ1v) is 6.03. The van der Waals surface area contributed by atoms with Gasteiger partial charge in [-0.1, -0.05) is 19.6 Å². The van der Waals surface area contributed by atoms with Crippen LogP contribution in [-0.4, -0.2) is 21.8 Å². The topological polar surface area (TPSA) is 80.4 Å². The van der Waals surface area contributed by atoms with Crippen molar-refractivity contribution >= 4 is 17.7 Å². The van der Waals surface area contributed by atoms with E-state index in [0.29, 0.717) is 17.1 Å². The number of rotatable bonds is 8. The largest absolute Gasteiger partial charge is 0.481 e. The van der Waals surface area contributed by atoms with Gasteiger partial charge in [-0.25, -0.2) is 0 Å². The van der Waals surface area contributed by atoms with Crippen molar-refractivity contribution in [2.45, 2.75) is 19.8 Å². The zero-order chi connectivity index (χ0) is 13.3. The Morgan fingerprint density at radius 3 is 2.65 bits per heavy atom. The summed E-state index contributed by atoms with van der Waals surface area (Å²) in [6.07, 6.45) is 5.00. The molecule has 0 spiro atoms. The van der Waals surface area contributed by atoms with Gasteiger partial charge in [0.05, 0.1) is 16.2 Å². The van der Waals surface area contributed by atoms with Crippen molar-refractivity contribution in [3.8, 4) is 0 Å². The van der Waals surface area contributed by atoms with Crippen molar-refractivity contribution in [3.63, 3.8) is 0 Å². The third-order valence-electron chi connectivity index (χ3n) is 1.69. The Balaban J connectivity index is 4.77. The summed E-state index contributed by atoms with van der Waals surface area (Å²) in [5.74, 6) is -0.623. The van der Waals surface area contributed by atoms with Crippen molar-refractivity contribution in [1.82, 2.24) is 0 Å². The van der Waals surface area contributed by atoms with Crippen molar-refractivity contribution in [2.75, 3.05) is 5.75 Å². The van der Waals surface area contributed by atoms with E-state index in [1.54, 1.807) is 6.92 Å². The highest BCUT2D eigenvalue weighted by molar-refractivity contribution is 8.03. The van der Waals surface area contributed by atoms with Crippen LogP contribution in [0.15, 0.2) is 35.4 Å². The van der Waals surface area contributed by atoms with Gasteiger partial charge < -0.3 is 5.11 Å². The van der Waals surface area contributed by atoms with Gasteiger partial charge in [0.25, 0.3) is 5.70 Å². The molecule has 0 aliphatic rings. The Labute approximate surface area is 104 Å². The minimum Gasteiger partial charge on any atom is -0.481 e. The average Bonchev–Trinajstić information content (AvgIpc) is 2.24. The lowest BCUT2D eigenvalue weighted by atomic mass is 10.3. The first kappa shape index (κ1) is 15.4. The van der Waals surface area contributed by atoms with E-state index in [0.717, 1.165) is 11.8 Å². The number of carbonyl (C=O) groups is 1. The number of thioether (sulfide) groups is 1. The zero-order valence-electron chi connectivity index (χ0n) is 9.59. The molecule has 0 atom stereocenters. The number of allylic oxidation sites excluding steroid dienone is 3. The molecule has 0 saturated carbocycles. The van der Waals surface area contributed by atoms with E-state index in [-0.39, 0.29) is 12.1 Å². The van der Waals surface area contributed by atoms with E-state index in [1.165, 1.54) is 18.2 Å². The Morgan fingerprint density at radius 1 is 1.59 bits per heavy atom. The number of nitrogens with zero attached hydrogens (tertiary/aromatic N) is 1. The van der Waals surface area contributed by atoms with Crippen LogP contribution < -0.4 is 0 Å². The van der Waals surface area contributed by atoms with Gasteiger partial charge in [0.15, 0.2) is 0 Å². The van der Waals surface area contributed by atoms with Gasteiger partial charge in [-0.15, -0.1) is 11.8 Å². The molecule has 0 saturated heterocycles. The van der Waals surface area contributed by atoms with E-state index < -0.39 is 10.9 Å². The van der Waals surface area contributed by atoms with Gasteiger partial charge in [0.2, 0.25) is 0 Å². The molecule has 6 heteroatoms. The quantitative estimate of drug-likeness (QED) is 0.411. The number of hydrogen-bond donors (Lipinski definition) is 1. The molecule has 0 fully saturated rings. The third kappa shape index (κ3) is 6.57. The molecule has 0 aromatic rings. The lowest BCUT2D eigenvalue weighted by Gasteiger charge is -2.03. The molecule has 0 amide bonds. The molecule has 1 N–H and O–H groups in total. The number of carboxylic acids is 1. The monoisotopic (exact) mass is 257 g/mol. The highest BCUT2D eigenvalue weighted by Gasteiger charge is 2.16. The second-order valence-electron chi connectivity index (χ2n) is 3.01. The lowest BCUT2D eigenvalue weighted by molar-refractivity contribution is -0.419. The summed E-state index contributed by atoms with van der Waals surface area (Å²) in [6.45, 7) is 5.29. The maximum Gasteiger partial charge on any atom is 0.304 e. The number of hydrogen-bond acceptors (Lipinski definition) is 4. The summed E-state index contributed by atoms with van der Waals surface area (Å²) >= 11 is 1.15. The van der Waals surface area contributed by atoms with Gasteiger partial charge >= 0.3 is 5.97 Å². The first-order valence-electron chi connectivity index (χ1n) is 5.05. The van der Waals surface area contributed by atoms with E-state index in [2.05, 4.69) is 6.58 Å². The summed E-state index contributed by atoms with van der Waals surface area (Å²) in [5.41, 5.74) is 0.00258. The van der Waals surface area contributed by atoms with Crippen LogP contribution >= 0.6 is 11.8 Å². The minimum atomic E-state index is -0.919. The average molecular weight is 257 g/mol. The molecule has 0 aromatic heterocycles. The van der Waals surface area contributed by atoms with Crippen LogP contribution in [0.3, 0.4) is 0 Å². The second-order valence-corrected chi connectivity index (χ2v) is 4.15. The summed E-state index contributed by atoms with van der Waals surface area (Å²) in [6, 6.07) is 0. The zero-order valence-corrected chi connectivity index (χ0v) is 10.4. The molecule has 0 radical (unpaired) electrons. The third-order valence-corrected chi connectivity index (χ3v) is 2.75. The van der Waals surface area contributed by atoms with Gasteiger partial charge in [-0.3, -0.25) is 14.9 Å². The Bertz CT molecular complexity index is 360. The molecule has 0 bridgehead atoms. The predicted molar refractivity (Wildman–Crippen MR) is 68.4 cm³/mol. The molecular formula is C11H15NO4S. The van der Waals surface area contributed by atoms with E-state index >= 15 is 0 Å². The fourth-order valence-corrected chi connectivity index (χ4v) is 2.02. The smallest absolute Gasteiger partial charge is 0.304 e. The van der Waals surface area contributed by atoms with Crippen molar-refractivity contribution in [2.24, 2.45) is 0 Å². The Kier molecular flexibility index (Phi) is 7.79. The summed E-state index contributed by atoms with van der Waals surface area (Å²) < 4.78 is 0. The second kappa shape index (κ2) is 8.58. The van der Waals surface area contributed by atoms with Crippen LogP contribution in [0, 0.1) is 10.1 Å². The van der Waals surface area contributed by atoms with Gasteiger partial charge in [-0.05, 0) is 18.6 Å². The van der Waals surface area contributed by atoms with Gasteiger partial charge in [0.1, 0.15) is 0 Å². The molecule has 17 heavy (non-hydrogen) atoms. The maximum absolute atomic E-state index is 10.8. The van der Waals surface area contributed by atoms with E-state index in [4.69, 9.17) is 5.11 Å². The molecule has 0 heterocycles. The molecule has 0 aliphatic carbocycles. The maximum atomic E-state index is 10.8. The normalized spacial score (nSPS) is 12.3. The SMILES string of the molecule is C=C/C=C(SCCC(=O)O)\C(=C/CC)[N+](=O)[O-]. The highest BCUT2D eigenvalue weighted by atomic mass is 32.2. The summed E-state index contributed by atoms with van der Waals surface area (Å²) in [7, 11) is 0. The molecule has 0 aromatic carbocycles.